The monoisotopic (exact) mass is 254 g/mol. The van der Waals surface area contributed by atoms with E-state index >= 15 is 0 Å². The Morgan fingerprint density at radius 1 is 1.06 bits per heavy atom. The molecule has 2 aliphatic heterocycles. The SMILES string of the molecule is CC(C)[C@@H]1CC[C@]2(C)O[C@H]2CC[C@@]2(C)O[C@@H]2[C@@H]1O. The van der Waals surface area contributed by atoms with Crippen molar-refractivity contribution in [2.24, 2.45) is 11.8 Å². The van der Waals surface area contributed by atoms with Crippen LogP contribution < -0.4 is 0 Å². The van der Waals surface area contributed by atoms with Crippen molar-refractivity contribution in [3.63, 3.8) is 0 Å². The van der Waals surface area contributed by atoms with Gasteiger partial charge in [0.05, 0.1) is 23.4 Å². The van der Waals surface area contributed by atoms with Crippen LogP contribution in [0.15, 0.2) is 0 Å². The highest BCUT2D eigenvalue weighted by atomic mass is 16.6. The predicted molar refractivity (Wildman–Crippen MR) is 69.4 cm³/mol. The van der Waals surface area contributed by atoms with Gasteiger partial charge in [-0.2, -0.15) is 0 Å². The molecule has 3 fully saturated rings. The maximum absolute atomic E-state index is 10.6. The van der Waals surface area contributed by atoms with Crippen molar-refractivity contribution in [3.8, 4) is 0 Å². The maximum atomic E-state index is 10.6. The molecule has 3 nitrogen and oxygen atoms in total. The standard InChI is InChI=1S/C15H26O3/c1-9(2)10-5-7-14(3)11(17-14)6-8-15(4)13(18-15)12(10)16/h9-13,16H,5-8H2,1-4H3/t10-,11-,12+,13+,14-,15+/m0/s1. The number of hydrogen-bond donors (Lipinski definition) is 1. The molecule has 3 aliphatic rings. The zero-order valence-corrected chi connectivity index (χ0v) is 12.0. The van der Waals surface area contributed by atoms with Gasteiger partial charge in [0.25, 0.3) is 0 Å². The quantitative estimate of drug-likeness (QED) is 0.731. The lowest BCUT2D eigenvalue weighted by Crippen LogP contribution is -2.35. The first-order chi connectivity index (χ1) is 8.36. The van der Waals surface area contributed by atoms with Crippen LogP contribution in [0.1, 0.15) is 53.4 Å². The Morgan fingerprint density at radius 2 is 1.72 bits per heavy atom. The van der Waals surface area contributed by atoms with Crippen molar-refractivity contribution in [1.82, 2.24) is 0 Å². The second-order valence-corrected chi connectivity index (χ2v) is 7.25. The van der Waals surface area contributed by atoms with Crippen LogP contribution in [0.25, 0.3) is 0 Å². The minimum Gasteiger partial charge on any atom is -0.390 e. The van der Waals surface area contributed by atoms with E-state index in [1.807, 2.05) is 0 Å². The molecule has 2 heterocycles. The number of hydrogen-bond acceptors (Lipinski definition) is 3. The third-order valence-electron chi connectivity index (χ3n) is 5.46. The second-order valence-electron chi connectivity index (χ2n) is 7.25. The minimum atomic E-state index is -0.311. The number of epoxide rings is 2. The Morgan fingerprint density at radius 3 is 2.39 bits per heavy atom. The van der Waals surface area contributed by atoms with Crippen LogP contribution in [-0.4, -0.2) is 34.6 Å². The van der Waals surface area contributed by atoms with E-state index in [0.29, 0.717) is 17.9 Å². The molecule has 0 aromatic carbocycles. The summed E-state index contributed by atoms with van der Waals surface area (Å²) in [5.74, 6) is 0.824. The zero-order valence-electron chi connectivity index (χ0n) is 12.0. The summed E-state index contributed by atoms with van der Waals surface area (Å²) in [6.45, 7) is 8.76. The Hall–Kier alpha value is -0.120. The molecule has 0 radical (unpaired) electrons. The van der Waals surface area contributed by atoms with Crippen molar-refractivity contribution in [2.75, 3.05) is 0 Å². The fraction of sp³-hybridized carbons (Fsp3) is 1.00. The molecule has 1 saturated carbocycles. The number of ether oxygens (including phenoxy) is 2. The summed E-state index contributed by atoms with van der Waals surface area (Å²) in [5.41, 5.74) is -0.0261. The molecule has 104 valence electrons. The number of aliphatic hydroxyl groups excluding tert-OH is 1. The molecule has 0 amide bonds. The summed E-state index contributed by atoms with van der Waals surface area (Å²) in [6.07, 6.45) is 4.36. The van der Waals surface area contributed by atoms with Crippen LogP contribution in [0.3, 0.4) is 0 Å². The van der Waals surface area contributed by atoms with Crippen LogP contribution in [0.4, 0.5) is 0 Å². The van der Waals surface area contributed by atoms with E-state index in [-0.39, 0.29) is 23.4 Å². The van der Waals surface area contributed by atoms with E-state index in [9.17, 15) is 5.11 Å². The normalized spacial score (nSPS) is 55.7. The van der Waals surface area contributed by atoms with Gasteiger partial charge in [0.2, 0.25) is 0 Å². The van der Waals surface area contributed by atoms with Gasteiger partial charge in [0.1, 0.15) is 6.10 Å². The van der Waals surface area contributed by atoms with Crippen molar-refractivity contribution in [1.29, 1.82) is 0 Å². The Balaban J connectivity index is 1.77. The van der Waals surface area contributed by atoms with Crippen molar-refractivity contribution >= 4 is 0 Å². The summed E-state index contributed by atoms with van der Waals surface area (Å²) < 4.78 is 11.7. The van der Waals surface area contributed by atoms with Gasteiger partial charge in [0.15, 0.2) is 0 Å². The van der Waals surface area contributed by atoms with Gasteiger partial charge in [-0.05, 0) is 51.4 Å². The fourth-order valence-corrected chi connectivity index (χ4v) is 3.76. The summed E-state index contributed by atoms with van der Waals surface area (Å²) in [7, 11) is 0. The first-order valence-corrected chi connectivity index (χ1v) is 7.39. The first-order valence-electron chi connectivity index (χ1n) is 7.39. The number of rotatable bonds is 1. The largest absolute Gasteiger partial charge is 0.390 e. The zero-order chi connectivity index (χ0) is 13.1. The van der Waals surface area contributed by atoms with Gasteiger partial charge >= 0.3 is 0 Å². The van der Waals surface area contributed by atoms with Gasteiger partial charge in [0, 0.05) is 0 Å². The number of fused-ring (bicyclic) bond motifs is 2. The molecule has 1 aliphatic carbocycles. The van der Waals surface area contributed by atoms with E-state index in [1.54, 1.807) is 0 Å². The predicted octanol–water partition coefficient (Wildman–Crippen LogP) is 2.51. The summed E-state index contributed by atoms with van der Waals surface area (Å²) >= 11 is 0. The van der Waals surface area contributed by atoms with Crippen LogP contribution in [0.5, 0.6) is 0 Å². The van der Waals surface area contributed by atoms with E-state index in [2.05, 4.69) is 27.7 Å². The second kappa shape index (κ2) is 3.94. The van der Waals surface area contributed by atoms with Crippen LogP contribution in [0, 0.1) is 11.8 Å². The molecule has 3 rings (SSSR count). The summed E-state index contributed by atoms with van der Waals surface area (Å²) in [4.78, 5) is 0. The van der Waals surface area contributed by atoms with E-state index < -0.39 is 0 Å². The molecule has 1 N–H and O–H groups in total. The number of aliphatic hydroxyl groups is 1. The third kappa shape index (κ3) is 2.00. The van der Waals surface area contributed by atoms with Gasteiger partial charge < -0.3 is 14.6 Å². The lowest BCUT2D eigenvalue weighted by molar-refractivity contribution is 0.0461. The van der Waals surface area contributed by atoms with Gasteiger partial charge in [-0.15, -0.1) is 0 Å². The van der Waals surface area contributed by atoms with E-state index in [1.165, 1.54) is 0 Å². The highest BCUT2D eigenvalue weighted by molar-refractivity contribution is 5.09. The molecular weight excluding hydrogens is 228 g/mol. The average molecular weight is 254 g/mol. The summed E-state index contributed by atoms with van der Waals surface area (Å²) in [6, 6.07) is 0. The van der Waals surface area contributed by atoms with Gasteiger partial charge in [-0.3, -0.25) is 0 Å². The third-order valence-corrected chi connectivity index (χ3v) is 5.46. The highest BCUT2D eigenvalue weighted by Crippen LogP contribution is 2.52. The van der Waals surface area contributed by atoms with Crippen LogP contribution in [-0.2, 0) is 9.47 Å². The molecule has 2 saturated heterocycles. The van der Waals surface area contributed by atoms with E-state index in [0.717, 1.165) is 25.7 Å². The van der Waals surface area contributed by atoms with Crippen molar-refractivity contribution in [2.45, 2.75) is 82.9 Å². The molecule has 6 atom stereocenters. The lowest BCUT2D eigenvalue weighted by Gasteiger charge is -2.27. The van der Waals surface area contributed by atoms with Gasteiger partial charge in [-0.25, -0.2) is 0 Å². The molecule has 3 heteroatoms. The average Bonchev–Trinajstić information content (AvgIpc) is 3.12. The molecule has 0 bridgehead atoms. The minimum absolute atomic E-state index is 0.0491. The molecule has 0 unspecified atom stereocenters. The topological polar surface area (TPSA) is 45.3 Å². The Kier molecular flexibility index (Phi) is 2.82. The molecule has 0 aromatic rings. The van der Waals surface area contributed by atoms with E-state index in [4.69, 9.17) is 9.47 Å². The van der Waals surface area contributed by atoms with Crippen LogP contribution in [0.2, 0.25) is 0 Å². The first kappa shape index (κ1) is 12.9. The molecule has 0 spiro atoms. The van der Waals surface area contributed by atoms with Crippen molar-refractivity contribution in [3.05, 3.63) is 0 Å². The molecule has 0 aromatic heterocycles. The van der Waals surface area contributed by atoms with Crippen molar-refractivity contribution < 1.29 is 14.6 Å². The smallest absolute Gasteiger partial charge is 0.113 e. The molecule has 18 heavy (non-hydrogen) atoms. The van der Waals surface area contributed by atoms with Gasteiger partial charge in [-0.1, -0.05) is 13.8 Å². The highest BCUT2D eigenvalue weighted by Gasteiger charge is 2.61. The lowest BCUT2D eigenvalue weighted by atomic mass is 9.78. The fourth-order valence-electron chi connectivity index (χ4n) is 3.76. The Bertz CT molecular complexity index is 343. The Labute approximate surface area is 110 Å². The summed E-state index contributed by atoms with van der Waals surface area (Å²) in [5, 5.41) is 10.6. The maximum Gasteiger partial charge on any atom is 0.113 e. The molecular formula is C15H26O3. The van der Waals surface area contributed by atoms with Crippen LogP contribution >= 0.6 is 0 Å².